The van der Waals surface area contributed by atoms with E-state index in [9.17, 15) is 22.4 Å². The molecule has 10 heteroatoms. The average molecular weight is 456 g/mol. The van der Waals surface area contributed by atoms with Crippen LogP contribution in [0.2, 0.25) is 0 Å². The Kier molecular flexibility index (Phi) is 7.88. The number of urea groups is 1. The fourth-order valence-electron chi connectivity index (χ4n) is 3.60. The molecule has 1 saturated heterocycles. The third kappa shape index (κ3) is 6.90. The number of nitrogens with zero attached hydrogens (tertiary/aromatic N) is 1. The van der Waals surface area contributed by atoms with Crippen molar-refractivity contribution < 1.29 is 27.1 Å². The Hall–Kier alpha value is -2.20. The Morgan fingerprint density at radius 2 is 2.03 bits per heavy atom. The van der Waals surface area contributed by atoms with Gasteiger partial charge in [-0.05, 0) is 56.2 Å². The average Bonchev–Trinajstić information content (AvgIpc) is 2.98. The molecule has 1 heterocycles. The van der Waals surface area contributed by atoms with Crippen molar-refractivity contribution in [2.24, 2.45) is 5.92 Å². The molecule has 1 atom stereocenters. The highest BCUT2D eigenvalue weighted by atomic mass is 32.2. The van der Waals surface area contributed by atoms with Crippen molar-refractivity contribution in [3.63, 3.8) is 0 Å². The Morgan fingerprint density at radius 3 is 2.68 bits per heavy atom. The van der Waals surface area contributed by atoms with Crippen LogP contribution in [0.5, 0.6) is 5.75 Å². The molecule has 1 aromatic rings. The van der Waals surface area contributed by atoms with E-state index >= 15 is 0 Å². The number of nitrogens with one attached hydrogen (secondary N) is 2. The zero-order valence-corrected chi connectivity index (χ0v) is 18.5. The predicted octanol–water partition coefficient (Wildman–Crippen LogP) is 2.71. The van der Waals surface area contributed by atoms with E-state index in [0.29, 0.717) is 43.9 Å². The van der Waals surface area contributed by atoms with E-state index < -0.39 is 27.9 Å². The second kappa shape index (κ2) is 10.4. The minimum Gasteiger partial charge on any atom is -0.490 e. The minimum absolute atomic E-state index is 0.0469. The Labute approximate surface area is 182 Å². The molecule has 0 unspecified atom stereocenters. The van der Waals surface area contributed by atoms with E-state index in [4.69, 9.17) is 4.74 Å². The summed E-state index contributed by atoms with van der Waals surface area (Å²) in [4.78, 5) is 24.0. The Bertz CT molecular complexity index is 904. The zero-order valence-electron chi connectivity index (χ0n) is 17.7. The monoisotopic (exact) mass is 455 g/mol. The van der Waals surface area contributed by atoms with Crippen molar-refractivity contribution in [2.75, 3.05) is 25.4 Å². The van der Waals surface area contributed by atoms with Gasteiger partial charge in [0.05, 0.1) is 12.4 Å². The van der Waals surface area contributed by atoms with Gasteiger partial charge in [0.15, 0.2) is 11.6 Å². The predicted molar refractivity (Wildman–Crippen MR) is 114 cm³/mol. The molecule has 31 heavy (non-hydrogen) atoms. The second-order valence-corrected chi connectivity index (χ2v) is 10.2. The molecule has 2 aliphatic rings. The number of hydrogen-bond acceptors (Lipinski definition) is 5. The first-order chi connectivity index (χ1) is 14.7. The van der Waals surface area contributed by atoms with E-state index in [1.165, 1.54) is 17.4 Å². The maximum absolute atomic E-state index is 14.0. The van der Waals surface area contributed by atoms with Gasteiger partial charge in [0.2, 0.25) is 15.9 Å². The fourth-order valence-corrected chi connectivity index (χ4v) is 4.98. The number of ether oxygens (including phenoxy) is 1. The fraction of sp³-hybridized carbons (Fsp3) is 0.619. The highest BCUT2D eigenvalue weighted by Crippen LogP contribution is 2.29. The molecule has 0 radical (unpaired) electrons. The third-order valence-electron chi connectivity index (χ3n) is 5.72. The first-order valence-corrected chi connectivity index (χ1v) is 12.4. The van der Waals surface area contributed by atoms with E-state index in [1.807, 2.05) is 0 Å². The molecule has 1 aliphatic heterocycles. The van der Waals surface area contributed by atoms with Gasteiger partial charge in [0, 0.05) is 12.6 Å². The number of sulfonamides is 1. The lowest BCUT2D eigenvalue weighted by molar-refractivity contribution is -0.118. The first-order valence-electron chi connectivity index (χ1n) is 10.7. The first kappa shape index (κ1) is 23.5. The summed E-state index contributed by atoms with van der Waals surface area (Å²) in [6, 6.07) is 3.50. The number of benzene rings is 1. The van der Waals surface area contributed by atoms with Crippen LogP contribution >= 0.6 is 0 Å². The Balaban J connectivity index is 1.42. The van der Waals surface area contributed by atoms with Crippen molar-refractivity contribution in [2.45, 2.75) is 51.5 Å². The summed E-state index contributed by atoms with van der Waals surface area (Å²) >= 11 is 0. The van der Waals surface area contributed by atoms with Crippen LogP contribution in [0.25, 0.3) is 0 Å². The molecule has 3 rings (SSSR count). The number of hydrogen-bond donors (Lipinski definition) is 2. The molecule has 0 bridgehead atoms. The van der Waals surface area contributed by atoms with E-state index in [0.717, 1.165) is 12.8 Å². The van der Waals surface area contributed by atoms with Crippen molar-refractivity contribution in [1.82, 2.24) is 14.9 Å². The number of amides is 3. The maximum atomic E-state index is 14.0. The summed E-state index contributed by atoms with van der Waals surface area (Å²) in [5.74, 6) is -0.191. The van der Waals surface area contributed by atoms with Gasteiger partial charge in [-0.3, -0.25) is 10.1 Å². The smallest absolute Gasteiger partial charge is 0.324 e. The summed E-state index contributed by atoms with van der Waals surface area (Å²) in [5, 5.41) is 2.21. The Morgan fingerprint density at radius 1 is 1.26 bits per heavy atom. The van der Waals surface area contributed by atoms with Gasteiger partial charge >= 0.3 is 6.03 Å². The maximum Gasteiger partial charge on any atom is 0.324 e. The van der Waals surface area contributed by atoms with Gasteiger partial charge in [-0.1, -0.05) is 18.9 Å². The number of halogens is 1. The third-order valence-corrected chi connectivity index (χ3v) is 7.26. The van der Waals surface area contributed by atoms with Crippen LogP contribution in [0.4, 0.5) is 9.18 Å². The number of carbonyl (C=O) groups excluding carboxylic acids is 2. The van der Waals surface area contributed by atoms with E-state index in [2.05, 4.69) is 10.0 Å². The van der Waals surface area contributed by atoms with Crippen molar-refractivity contribution in [1.29, 1.82) is 0 Å². The lowest BCUT2D eigenvalue weighted by atomic mass is 9.86. The molecule has 2 N–H and O–H groups in total. The number of imide groups is 1. The van der Waals surface area contributed by atoms with Gasteiger partial charge in [-0.2, -0.15) is 0 Å². The topological polar surface area (TPSA) is 105 Å². The van der Waals surface area contributed by atoms with Gasteiger partial charge in [-0.25, -0.2) is 22.3 Å². The summed E-state index contributed by atoms with van der Waals surface area (Å²) in [6.45, 7) is 2.66. The minimum atomic E-state index is -3.52. The highest BCUT2D eigenvalue weighted by Gasteiger charge is 2.26. The molecule has 0 spiro atoms. The molecule has 172 valence electrons. The van der Waals surface area contributed by atoms with Crippen LogP contribution in [0.15, 0.2) is 18.2 Å². The summed E-state index contributed by atoms with van der Waals surface area (Å²) in [7, 11) is -3.52. The van der Waals surface area contributed by atoms with Crippen molar-refractivity contribution in [3.05, 3.63) is 29.6 Å². The zero-order chi connectivity index (χ0) is 22.4. The molecule has 3 amide bonds. The van der Waals surface area contributed by atoms with Crippen LogP contribution in [0, 0.1) is 11.7 Å². The van der Waals surface area contributed by atoms with Crippen LogP contribution in [0.3, 0.4) is 0 Å². The summed E-state index contributed by atoms with van der Waals surface area (Å²) < 4.78 is 47.1. The molecule has 1 saturated carbocycles. The largest absolute Gasteiger partial charge is 0.490 e. The van der Waals surface area contributed by atoms with Crippen LogP contribution in [0.1, 0.15) is 57.1 Å². The quantitative estimate of drug-likeness (QED) is 0.372. The summed E-state index contributed by atoms with van der Waals surface area (Å²) in [5.41, 5.74) is 0.637. The summed E-state index contributed by atoms with van der Waals surface area (Å²) in [6.07, 6.45) is 5.05. The molecule has 0 aromatic heterocycles. The molecular weight excluding hydrogens is 425 g/mol. The van der Waals surface area contributed by atoms with Crippen LogP contribution < -0.4 is 14.8 Å². The van der Waals surface area contributed by atoms with E-state index in [-0.39, 0.29) is 24.0 Å². The van der Waals surface area contributed by atoms with Crippen molar-refractivity contribution >= 4 is 22.0 Å². The molecule has 2 fully saturated rings. The van der Waals surface area contributed by atoms with Crippen molar-refractivity contribution in [3.8, 4) is 5.75 Å². The lowest BCUT2D eigenvalue weighted by Crippen LogP contribution is -2.30. The second-order valence-electron chi connectivity index (χ2n) is 8.29. The normalized spacial score (nSPS) is 18.1. The van der Waals surface area contributed by atoms with Crippen LogP contribution in [-0.4, -0.2) is 50.7 Å². The highest BCUT2D eigenvalue weighted by molar-refractivity contribution is 7.89. The van der Waals surface area contributed by atoms with E-state index in [1.54, 1.807) is 19.1 Å². The van der Waals surface area contributed by atoms with Gasteiger partial charge in [-0.15, -0.1) is 0 Å². The van der Waals surface area contributed by atoms with Gasteiger partial charge in [0.25, 0.3) is 0 Å². The van der Waals surface area contributed by atoms with Gasteiger partial charge < -0.3 is 9.64 Å². The lowest BCUT2D eigenvalue weighted by Gasteiger charge is -2.25. The number of carbonyl (C=O) groups is 2. The van der Waals surface area contributed by atoms with Crippen LogP contribution in [-0.2, 0) is 14.8 Å². The number of unbranched alkanes of at least 4 members (excludes halogenated alkanes) is 2. The molecule has 1 aliphatic carbocycles. The SMILES string of the molecule is C[C@@H](NS(=O)(=O)CCCCCN1CC(=O)NC1=O)c1ccc(F)c(OCC2CCC2)c1. The molecule has 8 nitrogen and oxygen atoms in total. The molecule has 1 aromatic carbocycles. The number of rotatable bonds is 12. The van der Waals surface area contributed by atoms with Gasteiger partial charge in [0.1, 0.15) is 6.54 Å². The molecular formula is C21H30FN3O5S. The standard InChI is InChI=1S/C21H30FN3O5S/c1-15(17-8-9-18(22)19(12-17)30-14-16-6-5-7-16)24-31(28,29)11-4-2-3-10-25-13-20(26)23-21(25)27/h8-9,12,15-16,24H,2-7,10-11,13-14H2,1H3,(H,23,26,27)/t15-/m1/s1.